The Labute approximate surface area is 99.8 Å². The molecule has 0 aromatic heterocycles. The molecule has 2 nitrogen and oxygen atoms in total. The molecule has 0 aromatic rings. The molecule has 1 saturated heterocycles. The lowest BCUT2D eigenvalue weighted by Gasteiger charge is -2.27. The van der Waals surface area contributed by atoms with Crippen molar-refractivity contribution in [1.82, 2.24) is 10.2 Å². The standard InChI is InChI=1S/C14H26N2/c1-11(12-3-4-12)9-16-8-2-7-15-14(10-16)13-5-6-13/h11-15H,2-10H2,1H3. The van der Waals surface area contributed by atoms with Gasteiger partial charge in [0.05, 0.1) is 0 Å². The van der Waals surface area contributed by atoms with Crippen molar-refractivity contribution >= 4 is 0 Å². The van der Waals surface area contributed by atoms with Crippen LogP contribution in [0.1, 0.15) is 39.0 Å². The van der Waals surface area contributed by atoms with Crippen LogP contribution in [0.3, 0.4) is 0 Å². The third-order valence-corrected chi connectivity index (χ3v) is 4.68. The largest absolute Gasteiger partial charge is 0.312 e. The van der Waals surface area contributed by atoms with E-state index in [0.29, 0.717) is 0 Å². The molecule has 2 heteroatoms. The van der Waals surface area contributed by atoms with Gasteiger partial charge in [0.2, 0.25) is 0 Å². The monoisotopic (exact) mass is 222 g/mol. The van der Waals surface area contributed by atoms with Gasteiger partial charge in [-0.25, -0.2) is 0 Å². The molecular weight excluding hydrogens is 196 g/mol. The highest BCUT2D eigenvalue weighted by molar-refractivity contribution is 4.91. The van der Waals surface area contributed by atoms with Gasteiger partial charge in [-0.2, -0.15) is 0 Å². The lowest BCUT2D eigenvalue weighted by Crippen LogP contribution is -2.40. The molecule has 2 saturated carbocycles. The molecule has 0 radical (unpaired) electrons. The Morgan fingerprint density at radius 2 is 2.06 bits per heavy atom. The Bertz CT molecular complexity index is 233. The molecule has 2 atom stereocenters. The highest BCUT2D eigenvalue weighted by Crippen LogP contribution is 2.37. The minimum atomic E-state index is 0.814. The second-order valence-electron chi connectivity index (χ2n) is 6.33. The van der Waals surface area contributed by atoms with Crippen LogP contribution in [-0.4, -0.2) is 37.1 Å². The lowest BCUT2D eigenvalue weighted by molar-refractivity contribution is 0.216. The normalized spacial score (nSPS) is 34.7. The molecule has 3 rings (SSSR count). The molecular formula is C14H26N2. The second kappa shape index (κ2) is 4.66. The first-order valence-corrected chi connectivity index (χ1v) is 7.28. The fourth-order valence-electron chi connectivity index (χ4n) is 3.23. The highest BCUT2D eigenvalue weighted by atomic mass is 15.2. The third kappa shape index (κ3) is 2.78. The predicted octanol–water partition coefficient (Wildman–Crippen LogP) is 2.11. The second-order valence-corrected chi connectivity index (χ2v) is 6.33. The third-order valence-electron chi connectivity index (χ3n) is 4.68. The van der Waals surface area contributed by atoms with Gasteiger partial charge in [-0.05, 0) is 62.9 Å². The first-order chi connectivity index (χ1) is 7.83. The Morgan fingerprint density at radius 1 is 1.25 bits per heavy atom. The van der Waals surface area contributed by atoms with Gasteiger partial charge < -0.3 is 10.2 Å². The molecule has 16 heavy (non-hydrogen) atoms. The zero-order valence-electron chi connectivity index (χ0n) is 10.6. The Morgan fingerprint density at radius 3 is 2.75 bits per heavy atom. The zero-order valence-corrected chi connectivity index (χ0v) is 10.6. The van der Waals surface area contributed by atoms with E-state index in [1.807, 2.05) is 0 Å². The molecule has 3 aliphatic rings. The molecule has 3 fully saturated rings. The number of nitrogens with zero attached hydrogens (tertiary/aromatic N) is 1. The summed E-state index contributed by atoms with van der Waals surface area (Å²) in [6, 6.07) is 0.814. The first kappa shape index (κ1) is 11.0. The van der Waals surface area contributed by atoms with Gasteiger partial charge in [-0.1, -0.05) is 6.92 Å². The van der Waals surface area contributed by atoms with Crippen LogP contribution in [0.15, 0.2) is 0 Å². The van der Waals surface area contributed by atoms with Gasteiger partial charge in [0.15, 0.2) is 0 Å². The average molecular weight is 222 g/mol. The van der Waals surface area contributed by atoms with Gasteiger partial charge in [-0.15, -0.1) is 0 Å². The van der Waals surface area contributed by atoms with Crippen LogP contribution < -0.4 is 5.32 Å². The van der Waals surface area contributed by atoms with E-state index >= 15 is 0 Å². The molecule has 0 aromatic carbocycles. The molecule has 0 amide bonds. The molecule has 1 N–H and O–H groups in total. The van der Waals surface area contributed by atoms with E-state index in [0.717, 1.165) is 23.8 Å². The van der Waals surface area contributed by atoms with Crippen LogP contribution in [0.25, 0.3) is 0 Å². The number of nitrogens with one attached hydrogen (secondary N) is 1. The van der Waals surface area contributed by atoms with E-state index in [4.69, 9.17) is 0 Å². The molecule has 2 aliphatic carbocycles. The maximum absolute atomic E-state index is 3.75. The molecule has 0 bridgehead atoms. The maximum atomic E-state index is 3.75. The Kier molecular flexibility index (Phi) is 3.21. The number of hydrogen-bond acceptors (Lipinski definition) is 2. The minimum Gasteiger partial charge on any atom is -0.312 e. The molecule has 1 aliphatic heterocycles. The molecule has 92 valence electrons. The smallest absolute Gasteiger partial charge is 0.0223 e. The van der Waals surface area contributed by atoms with Gasteiger partial charge >= 0.3 is 0 Å². The van der Waals surface area contributed by atoms with E-state index < -0.39 is 0 Å². The minimum absolute atomic E-state index is 0.814. The maximum Gasteiger partial charge on any atom is 0.0223 e. The van der Waals surface area contributed by atoms with Crippen molar-refractivity contribution in [2.45, 2.75) is 45.1 Å². The van der Waals surface area contributed by atoms with Crippen molar-refractivity contribution in [2.75, 3.05) is 26.2 Å². The molecule has 0 spiro atoms. The lowest BCUT2D eigenvalue weighted by atomic mass is 10.1. The SMILES string of the molecule is CC(CN1CCCNC(C2CC2)C1)C1CC1. The van der Waals surface area contributed by atoms with Gasteiger partial charge in [0.25, 0.3) is 0 Å². The van der Waals surface area contributed by atoms with Crippen molar-refractivity contribution in [3.8, 4) is 0 Å². The van der Waals surface area contributed by atoms with Crippen LogP contribution in [0.5, 0.6) is 0 Å². The van der Waals surface area contributed by atoms with Crippen molar-refractivity contribution in [3.63, 3.8) is 0 Å². The average Bonchev–Trinajstić information content (AvgIpc) is 3.12. The van der Waals surface area contributed by atoms with Crippen LogP contribution in [0.2, 0.25) is 0 Å². The van der Waals surface area contributed by atoms with Crippen LogP contribution in [0, 0.1) is 17.8 Å². The summed E-state index contributed by atoms with van der Waals surface area (Å²) < 4.78 is 0. The van der Waals surface area contributed by atoms with Gasteiger partial charge in [-0.3, -0.25) is 0 Å². The predicted molar refractivity (Wildman–Crippen MR) is 67.5 cm³/mol. The summed E-state index contributed by atoms with van der Waals surface area (Å²) in [7, 11) is 0. The summed E-state index contributed by atoms with van der Waals surface area (Å²) in [4.78, 5) is 2.74. The van der Waals surface area contributed by atoms with Crippen LogP contribution in [0.4, 0.5) is 0 Å². The number of rotatable bonds is 4. The summed E-state index contributed by atoms with van der Waals surface area (Å²) in [6.45, 7) is 7.71. The summed E-state index contributed by atoms with van der Waals surface area (Å²) in [6.07, 6.45) is 7.30. The summed E-state index contributed by atoms with van der Waals surface area (Å²) in [5, 5.41) is 3.75. The number of hydrogen-bond donors (Lipinski definition) is 1. The topological polar surface area (TPSA) is 15.3 Å². The van der Waals surface area contributed by atoms with E-state index in [9.17, 15) is 0 Å². The van der Waals surface area contributed by atoms with Crippen LogP contribution >= 0.6 is 0 Å². The van der Waals surface area contributed by atoms with Crippen molar-refractivity contribution in [2.24, 2.45) is 17.8 Å². The van der Waals surface area contributed by atoms with Gasteiger partial charge in [0, 0.05) is 19.1 Å². The van der Waals surface area contributed by atoms with Crippen LogP contribution in [-0.2, 0) is 0 Å². The quantitative estimate of drug-likeness (QED) is 0.784. The van der Waals surface area contributed by atoms with Crippen molar-refractivity contribution in [1.29, 1.82) is 0 Å². The first-order valence-electron chi connectivity index (χ1n) is 7.28. The van der Waals surface area contributed by atoms with E-state index in [-0.39, 0.29) is 0 Å². The van der Waals surface area contributed by atoms with Gasteiger partial charge in [0.1, 0.15) is 0 Å². The molecule has 2 unspecified atom stereocenters. The summed E-state index contributed by atoms with van der Waals surface area (Å²) in [5.74, 6) is 3.02. The van der Waals surface area contributed by atoms with E-state index in [2.05, 4.69) is 17.1 Å². The Hall–Kier alpha value is -0.0800. The zero-order chi connectivity index (χ0) is 11.0. The summed E-state index contributed by atoms with van der Waals surface area (Å²) in [5.41, 5.74) is 0. The highest BCUT2D eigenvalue weighted by Gasteiger charge is 2.34. The van der Waals surface area contributed by atoms with Crippen molar-refractivity contribution < 1.29 is 0 Å². The molecule has 1 heterocycles. The van der Waals surface area contributed by atoms with E-state index in [1.54, 1.807) is 0 Å². The van der Waals surface area contributed by atoms with Crippen molar-refractivity contribution in [3.05, 3.63) is 0 Å². The summed E-state index contributed by atoms with van der Waals surface area (Å²) >= 11 is 0. The Balaban J connectivity index is 1.51. The van der Waals surface area contributed by atoms with E-state index in [1.165, 1.54) is 58.3 Å². The fraction of sp³-hybridized carbons (Fsp3) is 1.00. The fourth-order valence-corrected chi connectivity index (χ4v) is 3.23.